The van der Waals surface area contributed by atoms with E-state index in [9.17, 15) is 4.79 Å². The summed E-state index contributed by atoms with van der Waals surface area (Å²) in [5.74, 6) is -0.219. The van der Waals surface area contributed by atoms with Crippen LogP contribution in [0.1, 0.15) is 10.4 Å². The van der Waals surface area contributed by atoms with Crippen molar-refractivity contribution >= 4 is 38.3 Å². The van der Waals surface area contributed by atoms with Gasteiger partial charge in [0.1, 0.15) is 6.33 Å². The Labute approximate surface area is 112 Å². The van der Waals surface area contributed by atoms with Crippen LogP contribution in [0, 0.1) is 0 Å². The molecule has 1 amide bonds. The maximum Gasteiger partial charge on any atom is 0.255 e. The van der Waals surface area contributed by atoms with Crippen molar-refractivity contribution in [1.29, 1.82) is 0 Å². The number of amides is 1. The predicted molar refractivity (Wildman–Crippen MR) is 74.0 cm³/mol. The molecule has 6 nitrogen and oxygen atoms in total. The summed E-state index contributed by atoms with van der Waals surface area (Å²) in [5.41, 5.74) is 7.52. The molecule has 2 heterocycles. The van der Waals surface area contributed by atoms with Crippen LogP contribution in [0.4, 0.5) is 10.8 Å². The first-order chi connectivity index (χ1) is 9.22. The van der Waals surface area contributed by atoms with Gasteiger partial charge < -0.3 is 11.1 Å². The van der Waals surface area contributed by atoms with Gasteiger partial charge in [-0.1, -0.05) is 11.3 Å². The largest absolute Gasteiger partial charge is 0.375 e. The van der Waals surface area contributed by atoms with Crippen molar-refractivity contribution in [3.8, 4) is 0 Å². The van der Waals surface area contributed by atoms with Crippen molar-refractivity contribution < 1.29 is 4.79 Å². The third kappa shape index (κ3) is 2.36. The number of aromatic nitrogens is 3. The van der Waals surface area contributed by atoms with Crippen LogP contribution in [0.2, 0.25) is 0 Å². The Morgan fingerprint density at radius 3 is 2.84 bits per heavy atom. The summed E-state index contributed by atoms with van der Waals surface area (Å²) in [4.78, 5) is 23.9. The number of benzene rings is 1. The molecule has 0 spiro atoms. The lowest BCUT2D eigenvalue weighted by Gasteiger charge is -2.03. The molecule has 0 saturated heterocycles. The van der Waals surface area contributed by atoms with E-state index >= 15 is 0 Å². The Bertz CT molecular complexity index is 740. The summed E-state index contributed by atoms with van der Waals surface area (Å²) < 4.78 is 0.884. The molecule has 0 aliphatic carbocycles. The number of nitrogens with two attached hydrogens (primary N) is 1. The van der Waals surface area contributed by atoms with Gasteiger partial charge in [0.25, 0.3) is 5.91 Å². The lowest BCUT2D eigenvalue weighted by molar-refractivity contribution is 0.102. The lowest BCUT2D eigenvalue weighted by Crippen LogP contribution is -2.11. The maximum atomic E-state index is 12.1. The summed E-state index contributed by atoms with van der Waals surface area (Å²) in [6.07, 6.45) is 4.48. The molecule has 1 aromatic carbocycles. The van der Waals surface area contributed by atoms with Gasteiger partial charge in [-0.25, -0.2) is 15.0 Å². The van der Waals surface area contributed by atoms with Gasteiger partial charge in [-0.05, 0) is 18.2 Å². The highest BCUT2D eigenvalue weighted by Crippen LogP contribution is 2.24. The predicted octanol–water partition coefficient (Wildman–Crippen LogP) is 1.92. The first-order valence-electron chi connectivity index (χ1n) is 5.45. The molecule has 0 fully saturated rings. The number of fused-ring (bicyclic) bond motifs is 1. The number of carbonyl (C=O) groups is 1. The van der Waals surface area contributed by atoms with Gasteiger partial charge in [0.15, 0.2) is 5.13 Å². The summed E-state index contributed by atoms with van der Waals surface area (Å²) >= 11 is 1.35. The molecule has 3 rings (SSSR count). The second-order valence-electron chi connectivity index (χ2n) is 3.82. The van der Waals surface area contributed by atoms with E-state index in [4.69, 9.17) is 5.73 Å². The number of anilines is 2. The van der Waals surface area contributed by atoms with E-state index < -0.39 is 0 Å². The molecule has 3 aromatic rings. The number of nitrogen functional groups attached to an aromatic ring is 1. The quantitative estimate of drug-likeness (QED) is 0.742. The topological polar surface area (TPSA) is 93.8 Å². The van der Waals surface area contributed by atoms with E-state index in [0.717, 1.165) is 10.2 Å². The monoisotopic (exact) mass is 271 g/mol. The Morgan fingerprint density at radius 1 is 1.26 bits per heavy atom. The SMILES string of the molecule is Nc1nc2ccc(C(=O)Nc3cncnc3)cc2s1. The molecule has 0 bridgehead atoms. The molecule has 0 saturated carbocycles. The zero-order valence-corrected chi connectivity index (χ0v) is 10.5. The van der Waals surface area contributed by atoms with Crippen molar-refractivity contribution in [3.05, 3.63) is 42.5 Å². The molecule has 2 aromatic heterocycles. The fourth-order valence-corrected chi connectivity index (χ4v) is 2.42. The van der Waals surface area contributed by atoms with Crippen LogP contribution in [-0.2, 0) is 0 Å². The Hall–Kier alpha value is -2.54. The van der Waals surface area contributed by atoms with E-state index in [-0.39, 0.29) is 5.91 Å². The minimum absolute atomic E-state index is 0.219. The average molecular weight is 271 g/mol. The van der Waals surface area contributed by atoms with Crippen LogP contribution >= 0.6 is 11.3 Å². The van der Waals surface area contributed by atoms with Crippen molar-refractivity contribution in [2.45, 2.75) is 0 Å². The highest BCUT2D eigenvalue weighted by molar-refractivity contribution is 7.22. The van der Waals surface area contributed by atoms with Crippen LogP contribution < -0.4 is 11.1 Å². The second kappa shape index (κ2) is 4.62. The van der Waals surface area contributed by atoms with Crippen molar-refractivity contribution in [2.24, 2.45) is 0 Å². The van der Waals surface area contributed by atoms with E-state index in [2.05, 4.69) is 20.3 Å². The summed E-state index contributed by atoms with van der Waals surface area (Å²) in [7, 11) is 0. The minimum Gasteiger partial charge on any atom is -0.375 e. The minimum atomic E-state index is -0.219. The second-order valence-corrected chi connectivity index (χ2v) is 4.88. The smallest absolute Gasteiger partial charge is 0.255 e. The molecular weight excluding hydrogens is 262 g/mol. The Balaban J connectivity index is 1.89. The normalized spacial score (nSPS) is 10.5. The summed E-state index contributed by atoms with van der Waals surface area (Å²) in [6.45, 7) is 0. The average Bonchev–Trinajstić information content (AvgIpc) is 2.78. The van der Waals surface area contributed by atoms with Gasteiger partial charge in [-0.2, -0.15) is 0 Å². The Morgan fingerprint density at radius 2 is 2.05 bits per heavy atom. The molecule has 7 heteroatoms. The third-order valence-corrected chi connectivity index (χ3v) is 3.33. The van der Waals surface area contributed by atoms with Gasteiger partial charge in [-0.3, -0.25) is 4.79 Å². The van der Waals surface area contributed by atoms with Crippen molar-refractivity contribution in [2.75, 3.05) is 11.1 Å². The molecule has 0 aliphatic heterocycles. The number of hydrogen-bond donors (Lipinski definition) is 2. The highest BCUT2D eigenvalue weighted by Gasteiger charge is 2.09. The van der Waals surface area contributed by atoms with Gasteiger partial charge >= 0.3 is 0 Å². The summed E-state index contributed by atoms with van der Waals surface area (Å²) in [5, 5.41) is 3.21. The standard InChI is InChI=1S/C12H9N5OS/c13-12-17-9-2-1-7(3-10(9)19-12)11(18)16-8-4-14-6-15-5-8/h1-6H,(H2,13,17)(H,16,18). The molecule has 0 atom stereocenters. The molecule has 94 valence electrons. The fourth-order valence-electron chi connectivity index (χ4n) is 1.65. The van der Waals surface area contributed by atoms with Crippen LogP contribution in [0.3, 0.4) is 0 Å². The van der Waals surface area contributed by atoms with Crippen molar-refractivity contribution in [1.82, 2.24) is 15.0 Å². The Kier molecular flexibility index (Phi) is 2.81. The molecule has 3 N–H and O–H groups in total. The van der Waals surface area contributed by atoms with Crippen LogP contribution in [0.5, 0.6) is 0 Å². The van der Waals surface area contributed by atoms with Crippen LogP contribution in [0.25, 0.3) is 10.2 Å². The zero-order chi connectivity index (χ0) is 13.2. The van der Waals surface area contributed by atoms with E-state index in [1.165, 1.54) is 30.1 Å². The summed E-state index contributed by atoms with van der Waals surface area (Å²) in [6, 6.07) is 5.25. The first-order valence-corrected chi connectivity index (χ1v) is 6.26. The first kappa shape index (κ1) is 11.5. The number of carbonyl (C=O) groups excluding carboxylic acids is 1. The van der Waals surface area contributed by atoms with E-state index in [0.29, 0.717) is 16.4 Å². The molecular formula is C12H9N5OS. The van der Waals surface area contributed by atoms with Gasteiger partial charge in [0, 0.05) is 5.56 Å². The highest BCUT2D eigenvalue weighted by atomic mass is 32.1. The zero-order valence-electron chi connectivity index (χ0n) is 9.70. The van der Waals surface area contributed by atoms with Crippen LogP contribution in [-0.4, -0.2) is 20.9 Å². The van der Waals surface area contributed by atoms with E-state index in [1.807, 2.05) is 0 Å². The van der Waals surface area contributed by atoms with Gasteiger partial charge in [0.05, 0.1) is 28.3 Å². The fraction of sp³-hybridized carbons (Fsp3) is 0. The van der Waals surface area contributed by atoms with Crippen LogP contribution in [0.15, 0.2) is 36.9 Å². The number of rotatable bonds is 2. The van der Waals surface area contributed by atoms with Crippen molar-refractivity contribution in [3.63, 3.8) is 0 Å². The number of thiazole rings is 1. The van der Waals surface area contributed by atoms with E-state index in [1.54, 1.807) is 18.2 Å². The maximum absolute atomic E-state index is 12.1. The molecule has 0 aliphatic rings. The lowest BCUT2D eigenvalue weighted by atomic mass is 10.2. The number of nitrogens with zero attached hydrogens (tertiary/aromatic N) is 3. The van der Waals surface area contributed by atoms with Gasteiger partial charge in [-0.15, -0.1) is 0 Å². The third-order valence-electron chi connectivity index (χ3n) is 2.49. The molecule has 0 unspecified atom stereocenters. The van der Waals surface area contributed by atoms with Gasteiger partial charge in [0.2, 0.25) is 0 Å². The molecule has 19 heavy (non-hydrogen) atoms. The molecule has 0 radical (unpaired) electrons. The number of nitrogens with one attached hydrogen (secondary N) is 1. The number of hydrogen-bond acceptors (Lipinski definition) is 6.